The van der Waals surface area contributed by atoms with Crippen LogP contribution in [-0.4, -0.2) is 31.4 Å². The summed E-state index contributed by atoms with van der Waals surface area (Å²) in [6.07, 6.45) is 0.836. The molecule has 3 aliphatic rings. The zero-order valence-corrected chi connectivity index (χ0v) is 14.5. The Balaban J connectivity index is 1.41. The van der Waals surface area contributed by atoms with Gasteiger partial charge in [0.05, 0.1) is 11.6 Å². The van der Waals surface area contributed by atoms with E-state index in [0.29, 0.717) is 11.1 Å². The lowest BCUT2D eigenvalue weighted by molar-refractivity contribution is -0.205. The van der Waals surface area contributed by atoms with E-state index in [4.69, 9.17) is 0 Å². The number of nitrogens with one attached hydrogen (secondary N) is 1. The summed E-state index contributed by atoms with van der Waals surface area (Å²) in [5.41, 5.74) is -1.08. The molecule has 3 saturated carbocycles. The summed E-state index contributed by atoms with van der Waals surface area (Å²) in [5.74, 6) is -0.779. The van der Waals surface area contributed by atoms with Gasteiger partial charge in [-0.05, 0) is 41.5 Å². The molecule has 1 aromatic carbocycles. The molecule has 9 heteroatoms. The number of aryl methyl sites for hydroxylation is 1. The summed E-state index contributed by atoms with van der Waals surface area (Å²) in [7, 11) is 0. The Bertz CT molecular complexity index is 931. The lowest BCUT2D eigenvalue weighted by Gasteiger charge is -2.64. The summed E-state index contributed by atoms with van der Waals surface area (Å²) in [6, 6.07) is 4.33. The van der Waals surface area contributed by atoms with Crippen LogP contribution in [0.25, 0.3) is 0 Å². The molecule has 1 aromatic heterocycles. The summed E-state index contributed by atoms with van der Waals surface area (Å²) < 4.78 is 29.5. The molecule has 0 unspecified atom stereocenters. The van der Waals surface area contributed by atoms with Crippen molar-refractivity contribution in [2.75, 3.05) is 0 Å². The summed E-state index contributed by atoms with van der Waals surface area (Å²) >= 11 is 0. The first-order valence-electron chi connectivity index (χ1n) is 8.49. The zero-order chi connectivity index (χ0) is 18.7. The van der Waals surface area contributed by atoms with Crippen LogP contribution >= 0.6 is 0 Å². The van der Waals surface area contributed by atoms with Gasteiger partial charge in [-0.25, -0.2) is 13.6 Å². The van der Waals surface area contributed by atoms with Gasteiger partial charge in [0.15, 0.2) is 0 Å². The maximum Gasteiger partial charge on any atom is 0.364 e. The van der Waals surface area contributed by atoms with Crippen molar-refractivity contribution in [3.63, 3.8) is 0 Å². The van der Waals surface area contributed by atoms with E-state index in [1.54, 1.807) is 26.0 Å². The standard InChI is InChI=1S/C17H19F2N5O2/c1-10-3-4-12(5-13(10)18)11(2)20-14(25)6-23-15(26)24(22-21-23)17-7-16(19,8-17)9-17/h3-5,11H,6-9H2,1-2H3,(H,20,25)/t11-,16?,17?/m0/s1. The molecule has 2 aromatic rings. The zero-order valence-electron chi connectivity index (χ0n) is 14.5. The number of carbonyl (C=O) groups is 1. The van der Waals surface area contributed by atoms with Crippen molar-refractivity contribution in [2.24, 2.45) is 0 Å². The van der Waals surface area contributed by atoms with E-state index < -0.39 is 28.8 Å². The number of rotatable bonds is 5. The Kier molecular flexibility index (Phi) is 3.54. The monoisotopic (exact) mass is 363 g/mol. The number of alkyl halides is 1. The molecule has 138 valence electrons. The van der Waals surface area contributed by atoms with E-state index in [1.807, 2.05) is 0 Å². The Labute approximate surface area is 148 Å². The molecule has 0 saturated heterocycles. The number of carbonyl (C=O) groups excluding carboxylic acids is 1. The van der Waals surface area contributed by atoms with Gasteiger partial charge in [0, 0.05) is 19.3 Å². The van der Waals surface area contributed by atoms with Gasteiger partial charge in [-0.2, -0.15) is 9.36 Å². The van der Waals surface area contributed by atoms with E-state index in [-0.39, 0.29) is 31.6 Å². The quantitative estimate of drug-likeness (QED) is 0.870. The largest absolute Gasteiger partial charge is 0.364 e. The summed E-state index contributed by atoms with van der Waals surface area (Å²) in [4.78, 5) is 24.6. The highest BCUT2D eigenvalue weighted by Crippen LogP contribution is 2.66. The van der Waals surface area contributed by atoms with Gasteiger partial charge in [-0.15, -0.1) is 0 Å². The molecule has 3 fully saturated rings. The van der Waals surface area contributed by atoms with Crippen LogP contribution in [0.1, 0.15) is 43.4 Å². The lowest BCUT2D eigenvalue weighted by Crippen LogP contribution is -2.72. The minimum Gasteiger partial charge on any atom is -0.348 e. The van der Waals surface area contributed by atoms with E-state index >= 15 is 0 Å². The highest BCUT2D eigenvalue weighted by molar-refractivity contribution is 5.76. The topological polar surface area (TPSA) is 81.8 Å². The Morgan fingerprint density at radius 2 is 2.04 bits per heavy atom. The van der Waals surface area contributed by atoms with E-state index in [0.717, 1.165) is 4.68 Å². The van der Waals surface area contributed by atoms with Crippen LogP contribution in [0.15, 0.2) is 23.0 Å². The molecule has 7 nitrogen and oxygen atoms in total. The van der Waals surface area contributed by atoms with Crippen molar-refractivity contribution in [1.82, 2.24) is 25.1 Å². The van der Waals surface area contributed by atoms with Gasteiger partial charge >= 0.3 is 5.69 Å². The highest BCUT2D eigenvalue weighted by Gasteiger charge is 2.72. The first kappa shape index (κ1) is 16.9. The number of hydrogen-bond donors (Lipinski definition) is 1. The molecule has 1 N–H and O–H groups in total. The maximum atomic E-state index is 13.7. The van der Waals surface area contributed by atoms with Crippen molar-refractivity contribution in [3.05, 3.63) is 45.6 Å². The molecule has 1 amide bonds. The average molecular weight is 363 g/mol. The first-order chi connectivity index (χ1) is 12.2. The van der Waals surface area contributed by atoms with Crippen LogP contribution in [0, 0.1) is 12.7 Å². The van der Waals surface area contributed by atoms with Gasteiger partial charge in [-0.3, -0.25) is 4.79 Å². The second-order valence-electron chi connectivity index (χ2n) is 7.53. The van der Waals surface area contributed by atoms with E-state index in [9.17, 15) is 18.4 Å². The van der Waals surface area contributed by atoms with Crippen molar-refractivity contribution < 1.29 is 13.6 Å². The highest BCUT2D eigenvalue weighted by atomic mass is 19.1. The Morgan fingerprint density at radius 1 is 1.35 bits per heavy atom. The number of aromatic nitrogens is 4. The smallest absolute Gasteiger partial charge is 0.348 e. The second kappa shape index (κ2) is 5.46. The third-order valence-electron chi connectivity index (χ3n) is 5.39. The predicted octanol–water partition coefficient (Wildman–Crippen LogP) is 1.37. The molecule has 3 aliphatic carbocycles. The van der Waals surface area contributed by atoms with Crippen LogP contribution in [0.3, 0.4) is 0 Å². The number of nitrogens with zero attached hydrogens (tertiary/aromatic N) is 4. The summed E-state index contributed by atoms with van der Waals surface area (Å²) in [6.45, 7) is 3.09. The molecule has 26 heavy (non-hydrogen) atoms. The van der Waals surface area contributed by atoms with Gasteiger partial charge in [-0.1, -0.05) is 12.1 Å². The molecule has 5 rings (SSSR count). The number of halogens is 2. The van der Waals surface area contributed by atoms with Crippen LogP contribution < -0.4 is 11.0 Å². The number of amides is 1. The van der Waals surface area contributed by atoms with Gasteiger partial charge in [0.25, 0.3) is 0 Å². The van der Waals surface area contributed by atoms with E-state index in [1.165, 1.54) is 10.7 Å². The third kappa shape index (κ3) is 2.53. The number of benzene rings is 1. The third-order valence-corrected chi connectivity index (χ3v) is 5.39. The van der Waals surface area contributed by atoms with Crippen molar-refractivity contribution in [3.8, 4) is 0 Å². The predicted molar refractivity (Wildman–Crippen MR) is 87.6 cm³/mol. The van der Waals surface area contributed by atoms with Crippen LogP contribution in [-0.2, 0) is 16.9 Å². The van der Waals surface area contributed by atoms with Gasteiger partial charge in [0.1, 0.15) is 18.0 Å². The maximum absolute atomic E-state index is 13.7. The number of tetrazole rings is 1. The second-order valence-corrected chi connectivity index (χ2v) is 7.53. The molecule has 2 bridgehead atoms. The lowest BCUT2D eigenvalue weighted by atomic mass is 9.47. The number of hydrogen-bond acceptors (Lipinski definition) is 4. The molecule has 1 atom stereocenters. The van der Waals surface area contributed by atoms with Crippen LogP contribution in [0.5, 0.6) is 0 Å². The minimum atomic E-state index is -1.15. The average Bonchev–Trinajstić information content (AvgIpc) is 2.87. The molecule has 0 radical (unpaired) electrons. The molecular weight excluding hydrogens is 344 g/mol. The molecular formula is C17H19F2N5O2. The van der Waals surface area contributed by atoms with Crippen LogP contribution in [0.2, 0.25) is 0 Å². The van der Waals surface area contributed by atoms with Crippen molar-refractivity contribution in [2.45, 2.75) is 56.9 Å². The fourth-order valence-electron chi connectivity index (χ4n) is 3.89. The first-order valence-corrected chi connectivity index (χ1v) is 8.49. The SMILES string of the molecule is Cc1ccc([C@H](C)NC(=O)Cn2nnn(C34CC(F)(C3)C4)c2=O)cc1F. The van der Waals surface area contributed by atoms with Gasteiger partial charge < -0.3 is 5.32 Å². The normalized spacial score (nSPS) is 27.4. The fraction of sp³-hybridized carbons (Fsp3) is 0.529. The summed E-state index contributed by atoms with van der Waals surface area (Å²) in [5, 5.41) is 10.2. The Morgan fingerprint density at radius 3 is 2.65 bits per heavy atom. The van der Waals surface area contributed by atoms with E-state index in [2.05, 4.69) is 15.7 Å². The molecule has 1 heterocycles. The van der Waals surface area contributed by atoms with Gasteiger partial charge in [0.2, 0.25) is 5.91 Å². The fourth-order valence-corrected chi connectivity index (χ4v) is 3.89. The Hall–Kier alpha value is -2.58. The van der Waals surface area contributed by atoms with Crippen molar-refractivity contribution >= 4 is 5.91 Å². The minimum absolute atomic E-state index is 0.279. The van der Waals surface area contributed by atoms with Crippen LogP contribution in [0.4, 0.5) is 8.78 Å². The molecule has 0 aliphatic heterocycles. The molecule has 0 spiro atoms. The van der Waals surface area contributed by atoms with Crippen molar-refractivity contribution in [1.29, 1.82) is 0 Å².